The van der Waals surface area contributed by atoms with Crippen molar-refractivity contribution < 1.29 is 24.5 Å². The number of benzene rings is 1. The van der Waals surface area contributed by atoms with Crippen molar-refractivity contribution in [2.24, 2.45) is 5.92 Å². The number of carboxylic acid groups (broad SMARTS) is 1. The van der Waals surface area contributed by atoms with Crippen LogP contribution in [0.5, 0.6) is 5.88 Å². The lowest BCUT2D eigenvalue weighted by molar-refractivity contribution is -0.146. The molecule has 2 heterocycles. The topological polar surface area (TPSA) is 105 Å². The molecule has 0 saturated carbocycles. The van der Waals surface area contributed by atoms with Crippen molar-refractivity contribution >= 4 is 23.7 Å². The first-order chi connectivity index (χ1) is 11.5. The summed E-state index contributed by atoms with van der Waals surface area (Å²) in [5, 5.41) is 24.6. The quantitative estimate of drug-likeness (QED) is 0.813. The normalized spacial score (nSPS) is 16.8. The Balaban J connectivity index is 2.16. The number of carbonyl (C=O) groups excluding carboxylic acids is 1. The monoisotopic (exact) mass is 329 g/mol. The average Bonchev–Trinajstić information content (AvgIpc) is 2.91. The highest BCUT2D eigenvalue weighted by Crippen LogP contribution is 2.31. The molecular formula is C16H15N3O5. The maximum atomic E-state index is 12.1. The number of anilines is 1. The van der Waals surface area contributed by atoms with E-state index in [0.717, 1.165) is 0 Å². The first-order valence-electron chi connectivity index (χ1n) is 7.15. The zero-order chi connectivity index (χ0) is 17.3. The number of nitrogens with zero attached hydrogens (tertiary/aromatic N) is 3. The lowest BCUT2D eigenvalue weighted by Gasteiger charge is -2.26. The highest BCUT2D eigenvalue weighted by atomic mass is 16.5. The van der Waals surface area contributed by atoms with Gasteiger partial charge in [-0.3, -0.25) is 9.80 Å². The molecule has 0 bridgehead atoms. The van der Waals surface area contributed by atoms with Crippen molar-refractivity contribution in [2.75, 3.05) is 18.7 Å². The molecule has 1 aromatic heterocycles. The molecule has 0 aliphatic carbocycles. The lowest BCUT2D eigenvalue weighted by atomic mass is 9.98. The maximum Gasteiger partial charge on any atom is 0.332 e. The summed E-state index contributed by atoms with van der Waals surface area (Å²) < 4.78 is 4.77. The van der Waals surface area contributed by atoms with Crippen LogP contribution < -0.4 is 5.01 Å². The molecule has 8 nitrogen and oxygen atoms in total. The minimum Gasteiger partial charge on any atom is -0.492 e. The van der Waals surface area contributed by atoms with E-state index >= 15 is 0 Å². The largest absolute Gasteiger partial charge is 0.492 e. The van der Waals surface area contributed by atoms with E-state index in [9.17, 15) is 19.8 Å². The maximum absolute atomic E-state index is 12.1. The summed E-state index contributed by atoms with van der Waals surface area (Å²) >= 11 is 0. The highest BCUT2D eigenvalue weighted by molar-refractivity contribution is 6.00. The van der Waals surface area contributed by atoms with Gasteiger partial charge in [-0.15, -0.1) is 5.10 Å². The number of aromatic hydroxyl groups is 1. The number of carbonyl (C=O) groups is 2. The van der Waals surface area contributed by atoms with Crippen molar-refractivity contribution in [1.29, 1.82) is 0 Å². The van der Waals surface area contributed by atoms with Crippen LogP contribution in [0.4, 0.5) is 5.69 Å². The number of rotatable bonds is 3. The van der Waals surface area contributed by atoms with E-state index in [1.165, 1.54) is 30.2 Å². The Hall–Kier alpha value is -3.29. The highest BCUT2D eigenvalue weighted by Gasteiger charge is 2.34. The fraction of sp³-hybridized carbons (Fsp3) is 0.188. The molecule has 1 atom stereocenters. The van der Waals surface area contributed by atoms with Gasteiger partial charge in [-0.05, 0) is 12.1 Å². The third kappa shape index (κ3) is 2.69. The van der Waals surface area contributed by atoms with Crippen molar-refractivity contribution in [3.05, 3.63) is 47.7 Å². The first-order valence-corrected chi connectivity index (χ1v) is 7.15. The molecule has 24 heavy (non-hydrogen) atoms. The SMILES string of the molecule is COC(=O)C1CN(n2ccc(O)n2)c2ccccc2C=C1C(=O)O. The summed E-state index contributed by atoms with van der Waals surface area (Å²) in [5.41, 5.74) is 1.22. The number of ether oxygens (including phenoxy) is 1. The molecule has 2 aromatic rings. The van der Waals surface area contributed by atoms with E-state index in [-0.39, 0.29) is 18.0 Å². The second kappa shape index (κ2) is 6.07. The van der Waals surface area contributed by atoms with Crippen LogP contribution in [0.1, 0.15) is 5.56 Å². The zero-order valence-corrected chi connectivity index (χ0v) is 12.8. The summed E-state index contributed by atoms with van der Waals surface area (Å²) in [7, 11) is 1.21. The molecule has 0 saturated heterocycles. The fourth-order valence-electron chi connectivity index (χ4n) is 2.67. The number of aliphatic carboxylic acids is 1. The third-order valence-electron chi connectivity index (χ3n) is 3.80. The summed E-state index contributed by atoms with van der Waals surface area (Å²) in [6, 6.07) is 8.48. The second-order valence-electron chi connectivity index (χ2n) is 5.22. The summed E-state index contributed by atoms with van der Waals surface area (Å²) in [6.07, 6.45) is 2.98. The van der Waals surface area contributed by atoms with Gasteiger partial charge in [-0.1, -0.05) is 18.2 Å². The number of hydrogen-bond donors (Lipinski definition) is 2. The van der Waals surface area contributed by atoms with Crippen LogP contribution in [0.25, 0.3) is 6.08 Å². The van der Waals surface area contributed by atoms with Crippen LogP contribution in [0.3, 0.4) is 0 Å². The Morgan fingerprint density at radius 2 is 2.04 bits per heavy atom. The summed E-state index contributed by atoms with van der Waals surface area (Å²) in [6.45, 7) is 0.00292. The molecule has 0 fully saturated rings. The van der Waals surface area contributed by atoms with Gasteiger partial charge in [0.15, 0.2) is 0 Å². The van der Waals surface area contributed by atoms with E-state index in [1.807, 2.05) is 0 Å². The molecule has 1 aliphatic rings. The third-order valence-corrected chi connectivity index (χ3v) is 3.80. The van der Waals surface area contributed by atoms with E-state index in [0.29, 0.717) is 11.3 Å². The van der Waals surface area contributed by atoms with Gasteiger partial charge in [0.1, 0.15) is 5.92 Å². The van der Waals surface area contributed by atoms with E-state index in [4.69, 9.17) is 4.74 Å². The number of aromatic nitrogens is 2. The Labute approximate surface area is 137 Å². The van der Waals surface area contributed by atoms with Gasteiger partial charge >= 0.3 is 11.9 Å². The summed E-state index contributed by atoms with van der Waals surface area (Å²) in [5.74, 6) is -3.03. The molecule has 124 valence electrons. The Kier molecular flexibility index (Phi) is 3.95. The van der Waals surface area contributed by atoms with Crippen LogP contribution in [0.2, 0.25) is 0 Å². The van der Waals surface area contributed by atoms with Gasteiger partial charge in [0.25, 0.3) is 0 Å². The van der Waals surface area contributed by atoms with Crippen molar-refractivity contribution in [1.82, 2.24) is 9.89 Å². The van der Waals surface area contributed by atoms with E-state index in [2.05, 4.69) is 5.10 Å². The standard InChI is InChI=1S/C16H15N3O5/c1-24-16(23)12-9-18(19-7-6-14(20)17-19)13-5-3-2-4-10(13)8-11(12)15(21)22/h2-8,12H,9H2,1H3,(H,17,20)(H,21,22). The zero-order valence-electron chi connectivity index (χ0n) is 12.8. The van der Waals surface area contributed by atoms with Gasteiger partial charge in [0.2, 0.25) is 5.88 Å². The number of fused-ring (bicyclic) bond motifs is 1. The van der Waals surface area contributed by atoms with Crippen LogP contribution in [-0.4, -0.2) is 45.7 Å². The van der Waals surface area contributed by atoms with Gasteiger partial charge in [-0.2, -0.15) is 4.79 Å². The summed E-state index contributed by atoms with van der Waals surface area (Å²) in [4.78, 5) is 25.1. The van der Waals surface area contributed by atoms with Gasteiger partial charge in [-0.25, -0.2) is 4.79 Å². The molecular weight excluding hydrogens is 314 g/mol. The minimum atomic E-state index is -1.19. The molecule has 0 radical (unpaired) electrons. The van der Waals surface area contributed by atoms with Crippen LogP contribution in [0.15, 0.2) is 42.1 Å². The number of esters is 1. The second-order valence-corrected chi connectivity index (χ2v) is 5.22. The van der Waals surface area contributed by atoms with Crippen LogP contribution >= 0.6 is 0 Å². The van der Waals surface area contributed by atoms with E-state index < -0.39 is 17.9 Å². The number of carboxylic acids is 1. The van der Waals surface area contributed by atoms with Crippen molar-refractivity contribution in [3.8, 4) is 5.88 Å². The Bertz CT molecular complexity index is 827. The molecule has 0 amide bonds. The lowest BCUT2D eigenvalue weighted by Crippen LogP contribution is -2.39. The number of methoxy groups -OCH3 is 1. The Morgan fingerprint density at radius 1 is 1.29 bits per heavy atom. The van der Waals surface area contributed by atoms with E-state index in [1.54, 1.807) is 29.3 Å². The van der Waals surface area contributed by atoms with Gasteiger partial charge in [0.05, 0.1) is 31.1 Å². The Morgan fingerprint density at radius 3 is 2.67 bits per heavy atom. The number of para-hydroxylation sites is 1. The molecule has 2 N–H and O–H groups in total. The molecule has 3 rings (SSSR count). The van der Waals surface area contributed by atoms with Gasteiger partial charge in [0, 0.05) is 11.6 Å². The first kappa shape index (κ1) is 15.6. The molecule has 1 aromatic carbocycles. The van der Waals surface area contributed by atoms with Crippen LogP contribution in [0, 0.1) is 5.92 Å². The van der Waals surface area contributed by atoms with Crippen molar-refractivity contribution in [2.45, 2.75) is 0 Å². The van der Waals surface area contributed by atoms with Crippen molar-refractivity contribution in [3.63, 3.8) is 0 Å². The predicted octanol–water partition coefficient (Wildman–Crippen LogP) is 1.13. The fourth-order valence-corrected chi connectivity index (χ4v) is 2.67. The average molecular weight is 329 g/mol. The van der Waals surface area contributed by atoms with Crippen LogP contribution in [-0.2, 0) is 14.3 Å². The molecule has 1 aliphatic heterocycles. The minimum absolute atomic E-state index is 0.00292. The van der Waals surface area contributed by atoms with Gasteiger partial charge < -0.3 is 14.9 Å². The molecule has 1 unspecified atom stereocenters. The molecule has 8 heteroatoms. The molecule has 0 spiro atoms. The predicted molar refractivity (Wildman–Crippen MR) is 84.2 cm³/mol. The smallest absolute Gasteiger partial charge is 0.332 e. The number of hydrogen-bond acceptors (Lipinski definition) is 6.